The Labute approximate surface area is 155 Å². The third-order valence-corrected chi connectivity index (χ3v) is 6.27. The Balaban J connectivity index is 1.85. The number of carbonyl (C=O) groups excluding carboxylic acids is 1. The van der Waals surface area contributed by atoms with Gasteiger partial charge in [0, 0.05) is 15.6 Å². The molecule has 0 atom stereocenters. The van der Waals surface area contributed by atoms with Crippen LogP contribution in [-0.2, 0) is 0 Å². The number of hydrogen-bond acceptors (Lipinski definition) is 4. The summed E-state index contributed by atoms with van der Waals surface area (Å²) in [4.78, 5) is 12.7. The van der Waals surface area contributed by atoms with Gasteiger partial charge in [-0.25, -0.2) is 5.43 Å². The summed E-state index contributed by atoms with van der Waals surface area (Å²) in [5, 5.41) is 5.38. The first kappa shape index (κ1) is 16.7. The molecule has 1 aromatic carbocycles. The number of thiophene rings is 2. The lowest BCUT2D eigenvalue weighted by Gasteiger charge is -2.01. The third-order valence-electron chi connectivity index (χ3n) is 3.11. The molecule has 0 saturated carbocycles. The highest BCUT2D eigenvalue weighted by molar-refractivity contribution is 7.21. The Bertz CT molecular complexity index is 930. The van der Waals surface area contributed by atoms with E-state index in [1.807, 2.05) is 24.3 Å². The normalized spacial score (nSPS) is 11.9. The van der Waals surface area contributed by atoms with E-state index in [2.05, 4.69) is 10.5 Å². The fraction of sp³-hybridized carbons (Fsp3) is 0.0667. The summed E-state index contributed by atoms with van der Waals surface area (Å²) in [6, 6.07) is 9.30. The van der Waals surface area contributed by atoms with Crippen LogP contribution < -0.4 is 5.43 Å². The van der Waals surface area contributed by atoms with Crippen molar-refractivity contribution in [1.82, 2.24) is 5.43 Å². The minimum Gasteiger partial charge on any atom is -0.266 e. The molecule has 0 aliphatic carbocycles. The summed E-state index contributed by atoms with van der Waals surface area (Å²) in [5.41, 5.74) is 3.78. The second kappa shape index (κ2) is 6.79. The van der Waals surface area contributed by atoms with E-state index in [9.17, 15) is 4.79 Å². The second-order valence-corrected chi connectivity index (χ2v) is 8.33. The molecule has 0 radical (unpaired) electrons. The predicted molar refractivity (Wildman–Crippen MR) is 101 cm³/mol. The van der Waals surface area contributed by atoms with E-state index in [-0.39, 0.29) is 5.91 Å². The van der Waals surface area contributed by atoms with Gasteiger partial charge in [0.2, 0.25) is 0 Å². The SMILES string of the molecule is CC(=NNC(=O)c1sc2ccccc2c1Cl)c1cc(Cl)sc1Cl. The monoisotopic (exact) mass is 402 g/mol. The summed E-state index contributed by atoms with van der Waals surface area (Å²) in [7, 11) is 0. The molecule has 0 aliphatic rings. The van der Waals surface area contributed by atoms with Gasteiger partial charge in [-0.3, -0.25) is 4.79 Å². The first-order valence-corrected chi connectivity index (χ1v) is 9.21. The zero-order valence-electron chi connectivity index (χ0n) is 11.7. The third kappa shape index (κ3) is 3.39. The topological polar surface area (TPSA) is 41.5 Å². The van der Waals surface area contributed by atoms with E-state index in [1.54, 1.807) is 13.0 Å². The fourth-order valence-electron chi connectivity index (χ4n) is 1.99. The number of nitrogens with zero attached hydrogens (tertiary/aromatic N) is 1. The molecular formula is C15H9Cl3N2OS2. The zero-order chi connectivity index (χ0) is 16.6. The molecule has 3 rings (SSSR count). The highest BCUT2D eigenvalue weighted by Crippen LogP contribution is 2.35. The molecule has 118 valence electrons. The van der Waals surface area contributed by atoms with Crippen molar-refractivity contribution in [2.75, 3.05) is 0 Å². The number of benzene rings is 1. The van der Waals surface area contributed by atoms with Gasteiger partial charge in [0.05, 0.1) is 15.1 Å². The Kier molecular flexibility index (Phi) is 4.94. The molecule has 3 aromatic rings. The van der Waals surface area contributed by atoms with E-state index >= 15 is 0 Å². The Morgan fingerprint density at radius 1 is 1.17 bits per heavy atom. The average molecular weight is 404 g/mol. The van der Waals surface area contributed by atoms with Crippen LogP contribution in [0.3, 0.4) is 0 Å². The smallest absolute Gasteiger partial charge is 0.266 e. The van der Waals surface area contributed by atoms with Crippen LogP contribution in [0, 0.1) is 0 Å². The van der Waals surface area contributed by atoms with Crippen molar-refractivity contribution in [3.63, 3.8) is 0 Å². The van der Waals surface area contributed by atoms with Gasteiger partial charge in [-0.1, -0.05) is 53.0 Å². The minimum atomic E-state index is -0.354. The Morgan fingerprint density at radius 2 is 1.91 bits per heavy atom. The fourth-order valence-corrected chi connectivity index (χ4v) is 4.96. The van der Waals surface area contributed by atoms with Gasteiger partial charge in [0.15, 0.2) is 0 Å². The van der Waals surface area contributed by atoms with Crippen molar-refractivity contribution in [1.29, 1.82) is 0 Å². The van der Waals surface area contributed by atoms with E-state index in [1.165, 1.54) is 22.7 Å². The number of amides is 1. The number of fused-ring (bicyclic) bond motifs is 1. The zero-order valence-corrected chi connectivity index (χ0v) is 15.6. The van der Waals surface area contributed by atoms with Gasteiger partial charge < -0.3 is 0 Å². The highest BCUT2D eigenvalue weighted by atomic mass is 35.5. The largest absolute Gasteiger partial charge is 0.283 e. The lowest BCUT2D eigenvalue weighted by atomic mass is 10.2. The average Bonchev–Trinajstić information content (AvgIpc) is 3.05. The molecule has 2 heterocycles. The maximum atomic E-state index is 12.3. The molecule has 23 heavy (non-hydrogen) atoms. The van der Waals surface area contributed by atoms with E-state index in [0.29, 0.717) is 29.8 Å². The minimum absolute atomic E-state index is 0.354. The van der Waals surface area contributed by atoms with Gasteiger partial charge in [0.25, 0.3) is 5.91 Å². The van der Waals surface area contributed by atoms with Gasteiger partial charge in [0.1, 0.15) is 9.21 Å². The number of nitrogens with one attached hydrogen (secondary N) is 1. The van der Waals surface area contributed by atoms with Crippen LogP contribution in [0.1, 0.15) is 22.2 Å². The van der Waals surface area contributed by atoms with Crippen LogP contribution in [0.4, 0.5) is 0 Å². The van der Waals surface area contributed by atoms with Gasteiger partial charge in [-0.15, -0.1) is 22.7 Å². The van der Waals surface area contributed by atoms with Crippen molar-refractivity contribution in [2.24, 2.45) is 5.10 Å². The second-order valence-electron chi connectivity index (χ2n) is 4.62. The van der Waals surface area contributed by atoms with E-state index in [0.717, 1.165) is 10.1 Å². The van der Waals surface area contributed by atoms with Crippen molar-refractivity contribution in [3.05, 3.63) is 54.5 Å². The van der Waals surface area contributed by atoms with Crippen molar-refractivity contribution >= 4 is 79.2 Å². The van der Waals surface area contributed by atoms with E-state index in [4.69, 9.17) is 34.8 Å². The van der Waals surface area contributed by atoms with Gasteiger partial charge >= 0.3 is 0 Å². The Hall–Kier alpha value is -1.11. The van der Waals surface area contributed by atoms with Crippen LogP contribution in [0.25, 0.3) is 10.1 Å². The van der Waals surface area contributed by atoms with Gasteiger partial charge in [-0.05, 0) is 19.1 Å². The number of hydrogen-bond donors (Lipinski definition) is 1. The number of rotatable bonds is 3. The molecule has 2 aromatic heterocycles. The Morgan fingerprint density at radius 3 is 2.57 bits per heavy atom. The first-order valence-electron chi connectivity index (χ1n) is 6.44. The van der Waals surface area contributed by atoms with Crippen LogP contribution in [0.2, 0.25) is 13.7 Å². The highest BCUT2D eigenvalue weighted by Gasteiger charge is 2.17. The molecule has 0 aliphatic heterocycles. The van der Waals surface area contributed by atoms with Crippen LogP contribution in [0.15, 0.2) is 35.4 Å². The maximum Gasteiger partial charge on any atom is 0.283 e. The predicted octanol–water partition coefficient (Wildman–Crippen LogP) is 6.08. The first-order chi connectivity index (χ1) is 11.0. The lowest BCUT2D eigenvalue weighted by molar-refractivity contribution is 0.0959. The van der Waals surface area contributed by atoms with Crippen LogP contribution in [-0.4, -0.2) is 11.6 Å². The summed E-state index contributed by atoms with van der Waals surface area (Å²) in [5.74, 6) is -0.354. The molecule has 3 nitrogen and oxygen atoms in total. The maximum absolute atomic E-state index is 12.3. The molecule has 0 bridgehead atoms. The quantitative estimate of drug-likeness (QED) is 0.418. The summed E-state index contributed by atoms with van der Waals surface area (Å²) < 4.78 is 2.06. The summed E-state index contributed by atoms with van der Waals surface area (Å²) in [6.07, 6.45) is 0. The number of halogens is 3. The molecule has 0 saturated heterocycles. The van der Waals surface area contributed by atoms with Crippen LogP contribution >= 0.6 is 57.5 Å². The number of hydrazone groups is 1. The molecule has 0 spiro atoms. The molecular weight excluding hydrogens is 395 g/mol. The van der Waals surface area contributed by atoms with Crippen molar-refractivity contribution in [2.45, 2.75) is 6.92 Å². The standard InChI is InChI=1S/C15H9Cl3N2OS2/c1-7(9-6-11(16)23-14(9)18)19-20-15(21)13-12(17)8-4-2-3-5-10(8)22-13/h2-6H,1H3,(H,20,21). The molecule has 0 fully saturated rings. The van der Waals surface area contributed by atoms with Crippen LogP contribution in [0.5, 0.6) is 0 Å². The van der Waals surface area contributed by atoms with Gasteiger partial charge in [-0.2, -0.15) is 5.10 Å². The summed E-state index contributed by atoms with van der Waals surface area (Å²) >= 11 is 20.8. The molecule has 1 N–H and O–H groups in total. The molecule has 1 amide bonds. The molecule has 8 heteroatoms. The lowest BCUT2D eigenvalue weighted by Crippen LogP contribution is -2.18. The van der Waals surface area contributed by atoms with Crippen molar-refractivity contribution < 1.29 is 4.79 Å². The molecule has 0 unspecified atom stereocenters. The number of carbonyl (C=O) groups is 1. The summed E-state index contributed by atoms with van der Waals surface area (Å²) in [6.45, 7) is 1.75. The van der Waals surface area contributed by atoms with E-state index < -0.39 is 0 Å². The van der Waals surface area contributed by atoms with Crippen molar-refractivity contribution in [3.8, 4) is 0 Å².